The Morgan fingerprint density at radius 3 is 2.17 bits per heavy atom. The van der Waals surface area contributed by atoms with E-state index >= 15 is 0 Å². The molecule has 0 saturated heterocycles. The van der Waals surface area contributed by atoms with Gasteiger partial charge in [-0.15, -0.1) is 6.58 Å². The van der Waals surface area contributed by atoms with E-state index in [0.29, 0.717) is 5.56 Å². The fourth-order valence-corrected chi connectivity index (χ4v) is 3.88. The van der Waals surface area contributed by atoms with Crippen LogP contribution in [0.5, 0.6) is 0 Å². The Kier molecular flexibility index (Phi) is 5.43. The Balaban J connectivity index is 1.51. The number of nitrogens with zero attached hydrogens (tertiary/aromatic N) is 1. The predicted molar refractivity (Wildman–Crippen MR) is 112 cm³/mol. The lowest BCUT2D eigenvalue weighted by Crippen LogP contribution is -2.32. The van der Waals surface area contributed by atoms with Crippen LogP contribution >= 0.6 is 0 Å². The average Bonchev–Trinajstić information content (AvgIpc) is 3.07. The van der Waals surface area contributed by atoms with Crippen LogP contribution in [0.1, 0.15) is 22.6 Å². The first-order chi connectivity index (χ1) is 14.2. The first kappa shape index (κ1) is 18.9. The largest absolute Gasteiger partial charge is 0.448 e. The molecule has 1 aliphatic carbocycles. The van der Waals surface area contributed by atoms with Crippen LogP contribution in [0.15, 0.2) is 85.5 Å². The molecule has 1 amide bonds. The number of benzene rings is 3. The van der Waals surface area contributed by atoms with Crippen LogP contribution in [0.25, 0.3) is 11.1 Å². The Morgan fingerprint density at radius 2 is 1.55 bits per heavy atom. The molecule has 146 valence electrons. The van der Waals surface area contributed by atoms with E-state index in [1.807, 2.05) is 24.3 Å². The average molecular weight is 387 g/mol. The van der Waals surface area contributed by atoms with Crippen molar-refractivity contribution in [3.05, 3.63) is 108 Å². The van der Waals surface area contributed by atoms with Crippen LogP contribution in [0.4, 0.5) is 9.18 Å². The molecule has 0 heterocycles. The third-order valence-corrected chi connectivity index (χ3v) is 5.26. The number of carbonyl (C=O) groups is 1. The Bertz CT molecular complexity index is 1000. The molecule has 4 rings (SSSR count). The van der Waals surface area contributed by atoms with Crippen molar-refractivity contribution in [1.82, 2.24) is 4.90 Å². The van der Waals surface area contributed by atoms with E-state index in [1.54, 1.807) is 24.3 Å². The minimum Gasteiger partial charge on any atom is -0.448 e. The molecule has 1 aliphatic rings. The third-order valence-electron chi connectivity index (χ3n) is 5.26. The minimum atomic E-state index is -0.477. The number of ether oxygens (including phenoxy) is 1. The summed E-state index contributed by atoms with van der Waals surface area (Å²) in [5.74, 6) is -0.349. The van der Waals surface area contributed by atoms with Gasteiger partial charge in [-0.1, -0.05) is 72.8 Å². The zero-order valence-corrected chi connectivity index (χ0v) is 16.1. The summed E-state index contributed by atoms with van der Waals surface area (Å²) in [4.78, 5) is 14.2. The van der Waals surface area contributed by atoms with Crippen molar-refractivity contribution in [3.63, 3.8) is 0 Å². The van der Waals surface area contributed by atoms with Gasteiger partial charge in [-0.05, 0) is 28.3 Å². The summed E-state index contributed by atoms with van der Waals surface area (Å²) in [5.41, 5.74) is 5.12. The van der Waals surface area contributed by atoms with Gasteiger partial charge in [-0.25, -0.2) is 9.18 Å². The molecular weight excluding hydrogens is 365 g/mol. The van der Waals surface area contributed by atoms with Gasteiger partial charge in [-0.2, -0.15) is 0 Å². The fraction of sp³-hybridized carbons (Fsp3) is 0.160. The molecule has 0 fully saturated rings. The molecule has 0 aromatic heterocycles. The van der Waals surface area contributed by atoms with Crippen LogP contribution in [0, 0.1) is 5.82 Å². The molecule has 3 aromatic carbocycles. The number of hydrogen-bond acceptors (Lipinski definition) is 2. The SMILES string of the molecule is C=CCN(Cc1ccccc1F)C(=O)OCC1c2ccccc2-c2ccccc21. The maximum atomic E-state index is 14.0. The van der Waals surface area contributed by atoms with Crippen molar-refractivity contribution in [2.75, 3.05) is 13.2 Å². The van der Waals surface area contributed by atoms with Crippen LogP contribution in [-0.2, 0) is 11.3 Å². The topological polar surface area (TPSA) is 29.5 Å². The highest BCUT2D eigenvalue weighted by Gasteiger charge is 2.29. The number of halogens is 1. The third kappa shape index (κ3) is 3.79. The second kappa shape index (κ2) is 8.31. The molecule has 0 atom stereocenters. The summed E-state index contributed by atoms with van der Waals surface area (Å²) in [6.07, 6.45) is 1.14. The van der Waals surface area contributed by atoms with E-state index in [-0.39, 0.29) is 31.4 Å². The zero-order valence-electron chi connectivity index (χ0n) is 16.1. The summed E-state index contributed by atoms with van der Waals surface area (Å²) in [6.45, 7) is 4.35. The first-order valence-corrected chi connectivity index (χ1v) is 9.63. The van der Waals surface area contributed by atoms with Crippen molar-refractivity contribution in [1.29, 1.82) is 0 Å². The van der Waals surface area contributed by atoms with Crippen LogP contribution in [-0.4, -0.2) is 24.1 Å². The van der Waals surface area contributed by atoms with E-state index in [9.17, 15) is 9.18 Å². The Hall–Kier alpha value is -3.40. The van der Waals surface area contributed by atoms with Crippen molar-refractivity contribution in [3.8, 4) is 11.1 Å². The summed E-state index contributed by atoms with van der Waals surface area (Å²) in [6, 6.07) is 22.8. The molecule has 29 heavy (non-hydrogen) atoms. The summed E-state index contributed by atoms with van der Waals surface area (Å²) in [7, 11) is 0. The molecule has 0 spiro atoms. The van der Waals surface area contributed by atoms with Crippen LogP contribution in [0.3, 0.4) is 0 Å². The van der Waals surface area contributed by atoms with Gasteiger partial charge >= 0.3 is 6.09 Å². The molecule has 3 nitrogen and oxygen atoms in total. The van der Waals surface area contributed by atoms with E-state index in [2.05, 4.69) is 30.8 Å². The molecule has 0 bridgehead atoms. The molecule has 0 radical (unpaired) electrons. The van der Waals surface area contributed by atoms with Gasteiger partial charge in [0.05, 0.1) is 6.54 Å². The lowest BCUT2D eigenvalue weighted by molar-refractivity contribution is 0.101. The lowest BCUT2D eigenvalue weighted by Gasteiger charge is -2.22. The van der Waals surface area contributed by atoms with Crippen LogP contribution in [0.2, 0.25) is 0 Å². The second-order valence-corrected chi connectivity index (χ2v) is 7.06. The van der Waals surface area contributed by atoms with Gasteiger partial charge < -0.3 is 9.64 Å². The summed E-state index contributed by atoms with van der Waals surface area (Å²) < 4.78 is 19.7. The second-order valence-electron chi connectivity index (χ2n) is 7.06. The molecular formula is C25H22FNO2. The predicted octanol–water partition coefficient (Wildman–Crippen LogP) is 5.76. The molecule has 3 aromatic rings. The Labute approximate surface area is 170 Å². The van der Waals surface area contributed by atoms with Crippen molar-refractivity contribution < 1.29 is 13.9 Å². The van der Waals surface area contributed by atoms with Crippen molar-refractivity contribution in [2.45, 2.75) is 12.5 Å². The van der Waals surface area contributed by atoms with E-state index in [0.717, 1.165) is 11.1 Å². The standard InChI is InChI=1S/C25H22FNO2/c1-2-15-27(16-18-9-3-8-14-24(18)26)25(28)29-17-23-21-12-6-4-10-19(21)20-11-5-7-13-22(20)23/h2-14,23H,1,15-17H2. The van der Waals surface area contributed by atoms with E-state index in [1.165, 1.54) is 22.1 Å². The van der Waals surface area contributed by atoms with Crippen molar-refractivity contribution >= 4 is 6.09 Å². The highest BCUT2D eigenvalue weighted by Crippen LogP contribution is 2.44. The van der Waals surface area contributed by atoms with Gasteiger partial charge in [0, 0.05) is 18.0 Å². The number of carbonyl (C=O) groups excluding carboxylic acids is 1. The summed E-state index contributed by atoms with van der Waals surface area (Å²) in [5, 5.41) is 0. The number of rotatable bonds is 6. The maximum absolute atomic E-state index is 14.0. The molecule has 0 saturated carbocycles. The van der Waals surface area contributed by atoms with Gasteiger partial charge in [0.15, 0.2) is 0 Å². The van der Waals surface area contributed by atoms with Gasteiger partial charge in [-0.3, -0.25) is 0 Å². The van der Waals surface area contributed by atoms with E-state index < -0.39 is 6.09 Å². The minimum absolute atomic E-state index is 0.00890. The quantitative estimate of drug-likeness (QED) is 0.503. The molecule has 0 aliphatic heterocycles. The first-order valence-electron chi connectivity index (χ1n) is 9.63. The highest BCUT2D eigenvalue weighted by molar-refractivity contribution is 5.79. The molecule has 0 unspecified atom stereocenters. The molecule has 4 heteroatoms. The summed E-state index contributed by atoms with van der Waals surface area (Å²) >= 11 is 0. The van der Waals surface area contributed by atoms with Gasteiger partial charge in [0.2, 0.25) is 0 Å². The fourth-order valence-electron chi connectivity index (χ4n) is 3.88. The van der Waals surface area contributed by atoms with Gasteiger partial charge in [0.25, 0.3) is 0 Å². The van der Waals surface area contributed by atoms with Gasteiger partial charge in [0.1, 0.15) is 12.4 Å². The number of amides is 1. The van der Waals surface area contributed by atoms with Crippen LogP contribution < -0.4 is 0 Å². The van der Waals surface area contributed by atoms with E-state index in [4.69, 9.17) is 4.74 Å². The lowest BCUT2D eigenvalue weighted by atomic mass is 9.98. The normalized spacial score (nSPS) is 12.2. The smallest absolute Gasteiger partial charge is 0.410 e. The van der Waals surface area contributed by atoms with Crippen molar-refractivity contribution in [2.24, 2.45) is 0 Å². The monoisotopic (exact) mass is 387 g/mol. The maximum Gasteiger partial charge on any atom is 0.410 e. The number of fused-ring (bicyclic) bond motifs is 3. The highest BCUT2D eigenvalue weighted by atomic mass is 19.1. The zero-order chi connectivity index (χ0) is 20.2. The number of hydrogen-bond donors (Lipinski definition) is 0. The molecule has 0 N–H and O–H groups in total. The Morgan fingerprint density at radius 1 is 0.966 bits per heavy atom.